The highest BCUT2D eigenvalue weighted by molar-refractivity contribution is 6.33. The third-order valence-electron chi connectivity index (χ3n) is 7.93. The number of methoxy groups -OCH3 is 2. The number of para-hydroxylation sites is 1. The Morgan fingerprint density at radius 1 is 0.938 bits per heavy atom. The van der Waals surface area contributed by atoms with Gasteiger partial charge in [0.15, 0.2) is 5.41 Å². The van der Waals surface area contributed by atoms with Gasteiger partial charge in [0, 0.05) is 11.8 Å². The molecule has 168 valence electrons. The Hall–Kier alpha value is -2.53. The van der Waals surface area contributed by atoms with Crippen molar-refractivity contribution in [2.45, 2.75) is 56.0 Å². The lowest BCUT2D eigenvalue weighted by atomic mass is 9.59. The van der Waals surface area contributed by atoms with Crippen molar-refractivity contribution in [2.24, 2.45) is 5.41 Å². The summed E-state index contributed by atoms with van der Waals surface area (Å²) in [6, 6.07) is 15.5. The maximum Gasteiger partial charge on any atom is 0.325 e. The number of nitrogens with zero attached hydrogens (tertiary/aromatic N) is 1. The highest BCUT2D eigenvalue weighted by Gasteiger charge is 2.72. The van der Waals surface area contributed by atoms with Gasteiger partial charge in [-0.1, -0.05) is 73.3 Å². The molecular weight excluding hydrogens is 426 g/mol. The van der Waals surface area contributed by atoms with Gasteiger partial charge in [-0.3, -0.25) is 9.59 Å². The van der Waals surface area contributed by atoms with Crippen LogP contribution in [0.25, 0.3) is 0 Å². The number of halogens is 1. The monoisotopic (exact) mass is 453 g/mol. The van der Waals surface area contributed by atoms with Crippen molar-refractivity contribution in [1.82, 2.24) is 0 Å². The second-order valence-corrected chi connectivity index (χ2v) is 9.65. The molecule has 0 amide bonds. The van der Waals surface area contributed by atoms with E-state index < -0.39 is 23.4 Å². The number of ether oxygens (including phenoxy) is 2. The van der Waals surface area contributed by atoms with Gasteiger partial charge in [-0.05, 0) is 30.0 Å². The van der Waals surface area contributed by atoms with E-state index in [1.54, 1.807) is 0 Å². The Balaban J connectivity index is 1.82. The molecule has 0 N–H and O–H groups in total. The van der Waals surface area contributed by atoms with Crippen LogP contribution in [0, 0.1) is 5.41 Å². The first-order valence-electron chi connectivity index (χ1n) is 11.3. The van der Waals surface area contributed by atoms with Gasteiger partial charge in [0.2, 0.25) is 0 Å². The summed E-state index contributed by atoms with van der Waals surface area (Å²) in [7, 11) is 2.71. The molecule has 5 rings (SSSR count). The van der Waals surface area contributed by atoms with E-state index in [0.717, 1.165) is 48.9 Å². The number of hydrogen-bond donors (Lipinski definition) is 0. The van der Waals surface area contributed by atoms with Crippen LogP contribution < -0.4 is 4.90 Å². The van der Waals surface area contributed by atoms with Crippen molar-refractivity contribution in [3.8, 4) is 0 Å². The van der Waals surface area contributed by atoms with Crippen molar-refractivity contribution in [3.05, 3.63) is 64.7 Å². The summed E-state index contributed by atoms with van der Waals surface area (Å²) < 4.78 is 10.6. The molecule has 1 aliphatic carbocycles. The first-order chi connectivity index (χ1) is 15.5. The van der Waals surface area contributed by atoms with E-state index >= 15 is 0 Å². The van der Waals surface area contributed by atoms with Gasteiger partial charge < -0.3 is 14.4 Å². The van der Waals surface area contributed by atoms with Crippen molar-refractivity contribution in [3.63, 3.8) is 0 Å². The molecule has 6 heteroatoms. The second-order valence-electron chi connectivity index (χ2n) is 9.25. The van der Waals surface area contributed by atoms with Crippen LogP contribution in [-0.4, -0.2) is 32.2 Å². The van der Waals surface area contributed by atoms with E-state index in [-0.39, 0.29) is 11.5 Å². The Morgan fingerprint density at radius 3 is 2.22 bits per heavy atom. The SMILES string of the molecule is COC(=O)C1(C(=O)OC)C[C@@H](c2ccccc2)N2c3c(Cl)cccc3C3(CCCCC3)[C@@H]21. The molecule has 1 saturated carbocycles. The number of carbonyl (C=O) groups excluding carboxylic acids is 2. The molecule has 0 bridgehead atoms. The second kappa shape index (κ2) is 7.80. The molecule has 2 atom stereocenters. The van der Waals surface area contributed by atoms with Gasteiger partial charge in [0.05, 0.1) is 37.0 Å². The Bertz CT molecular complexity index is 1030. The number of anilines is 1. The van der Waals surface area contributed by atoms with Crippen molar-refractivity contribution in [2.75, 3.05) is 19.1 Å². The van der Waals surface area contributed by atoms with Crippen LogP contribution in [0.4, 0.5) is 5.69 Å². The van der Waals surface area contributed by atoms with Crippen LogP contribution in [0.3, 0.4) is 0 Å². The molecular formula is C26H28ClNO4. The zero-order valence-corrected chi connectivity index (χ0v) is 19.2. The molecule has 2 aliphatic heterocycles. The molecule has 0 radical (unpaired) electrons. The first-order valence-corrected chi connectivity index (χ1v) is 11.7. The van der Waals surface area contributed by atoms with E-state index in [1.807, 2.05) is 30.3 Å². The predicted octanol–water partition coefficient (Wildman–Crippen LogP) is 5.21. The number of esters is 2. The van der Waals surface area contributed by atoms with E-state index in [9.17, 15) is 9.59 Å². The van der Waals surface area contributed by atoms with Gasteiger partial charge in [-0.2, -0.15) is 0 Å². The number of carbonyl (C=O) groups is 2. The summed E-state index contributed by atoms with van der Waals surface area (Å²) in [5.41, 5.74) is 1.36. The highest BCUT2D eigenvalue weighted by Crippen LogP contribution is 2.66. The average Bonchev–Trinajstić information content (AvgIpc) is 3.33. The standard InChI is InChI=1S/C26H28ClNO4/c1-31-23(29)26(24(30)32-2)16-20(17-10-5-3-6-11-17)28-21-18(12-9-13-19(21)27)25(22(26)28)14-7-4-8-15-25/h3,5-6,9-13,20,22H,4,7-8,14-16H2,1-2H3/t20-,22+/m0/s1. The lowest BCUT2D eigenvalue weighted by Gasteiger charge is -2.45. The van der Waals surface area contributed by atoms with E-state index in [0.29, 0.717) is 11.4 Å². The molecule has 0 unspecified atom stereocenters. The van der Waals surface area contributed by atoms with Crippen LogP contribution in [0.2, 0.25) is 5.02 Å². The third kappa shape index (κ3) is 2.70. The van der Waals surface area contributed by atoms with Crippen molar-refractivity contribution >= 4 is 29.2 Å². The van der Waals surface area contributed by atoms with E-state index in [2.05, 4.69) is 23.1 Å². The minimum atomic E-state index is -1.43. The number of benzene rings is 2. The van der Waals surface area contributed by atoms with Crippen LogP contribution in [-0.2, 0) is 24.5 Å². The summed E-state index contributed by atoms with van der Waals surface area (Å²) in [5, 5.41) is 0.654. The smallest absolute Gasteiger partial charge is 0.325 e. The zero-order valence-electron chi connectivity index (χ0n) is 18.5. The molecule has 5 nitrogen and oxygen atoms in total. The maximum absolute atomic E-state index is 13.5. The van der Waals surface area contributed by atoms with Crippen molar-refractivity contribution < 1.29 is 19.1 Å². The first kappa shape index (κ1) is 21.3. The fraction of sp³-hybridized carbons (Fsp3) is 0.462. The molecule has 2 aromatic carbocycles. The van der Waals surface area contributed by atoms with Gasteiger partial charge in [-0.15, -0.1) is 0 Å². The molecule has 1 spiro atoms. The summed E-state index contributed by atoms with van der Waals surface area (Å²) in [4.78, 5) is 29.3. The quantitative estimate of drug-likeness (QED) is 0.471. The molecule has 2 heterocycles. The number of rotatable bonds is 3. The minimum absolute atomic E-state index is 0.195. The lowest BCUT2D eigenvalue weighted by Crippen LogP contribution is -2.58. The Labute approximate surface area is 193 Å². The Morgan fingerprint density at radius 2 is 1.59 bits per heavy atom. The van der Waals surface area contributed by atoms with Crippen LogP contribution in [0.5, 0.6) is 0 Å². The lowest BCUT2D eigenvalue weighted by molar-refractivity contribution is -0.171. The van der Waals surface area contributed by atoms with Gasteiger partial charge in [-0.25, -0.2) is 0 Å². The Kier molecular flexibility index (Phi) is 5.20. The van der Waals surface area contributed by atoms with Gasteiger partial charge in [0.25, 0.3) is 0 Å². The summed E-state index contributed by atoms with van der Waals surface area (Å²) >= 11 is 6.84. The maximum atomic E-state index is 13.5. The number of fused-ring (bicyclic) bond motifs is 5. The zero-order chi connectivity index (χ0) is 22.5. The van der Waals surface area contributed by atoms with Crippen LogP contribution in [0.1, 0.15) is 55.7 Å². The molecule has 1 saturated heterocycles. The summed E-state index contributed by atoms with van der Waals surface area (Å²) in [6.45, 7) is 0. The average molecular weight is 454 g/mol. The number of hydrogen-bond acceptors (Lipinski definition) is 5. The summed E-state index contributed by atoms with van der Waals surface area (Å²) in [5.74, 6) is -1.04. The van der Waals surface area contributed by atoms with Gasteiger partial charge >= 0.3 is 11.9 Å². The predicted molar refractivity (Wildman–Crippen MR) is 123 cm³/mol. The van der Waals surface area contributed by atoms with E-state index in [1.165, 1.54) is 14.2 Å². The molecule has 2 aromatic rings. The fourth-order valence-electron chi connectivity index (χ4n) is 6.80. The normalized spacial score (nSPS) is 24.7. The highest BCUT2D eigenvalue weighted by atomic mass is 35.5. The topological polar surface area (TPSA) is 55.8 Å². The van der Waals surface area contributed by atoms with E-state index in [4.69, 9.17) is 21.1 Å². The largest absolute Gasteiger partial charge is 0.468 e. The van der Waals surface area contributed by atoms with Crippen molar-refractivity contribution in [1.29, 1.82) is 0 Å². The van der Waals surface area contributed by atoms with Crippen LogP contribution >= 0.6 is 11.6 Å². The fourth-order valence-corrected chi connectivity index (χ4v) is 7.07. The molecule has 32 heavy (non-hydrogen) atoms. The minimum Gasteiger partial charge on any atom is -0.468 e. The van der Waals surface area contributed by atoms with Gasteiger partial charge in [0.1, 0.15) is 0 Å². The molecule has 3 aliphatic rings. The third-order valence-corrected chi connectivity index (χ3v) is 8.24. The molecule has 2 fully saturated rings. The molecule has 0 aromatic heterocycles. The van der Waals surface area contributed by atoms with Crippen LogP contribution in [0.15, 0.2) is 48.5 Å². The summed E-state index contributed by atoms with van der Waals surface area (Å²) in [6.07, 6.45) is 5.34.